The van der Waals surface area contributed by atoms with Gasteiger partial charge in [-0.25, -0.2) is 0 Å². The average Bonchev–Trinajstić information content (AvgIpc) is 0.856. The predicted molar refractivity (Wildman–Crippen MR) is 476 cm³/mol. The molecule has 5 aliphatic heterocycles. The van der Waals surface area contributed by atoms with E-state index in [0.717, 1.165) is 177 Å². The number of carbonyl (C=O) groups excluding carboxylic acids is 7. The van der Waals surface area contributed by atoms with Gasteiger partial charge in [0.05, 0.1) is 59.4 Å². The predicted octanol–water partition coefficient (Wildman–Crippen LogP) is 9.99. The van der Waals surface area contributed by atoms with Crippen LogP contribution in [0, 0.1) is 0 Å². The van der Waals surface area contributed by atoms with E-state index in [1.807, 2.05) is 43.1 Å². The molecule has 5 aromatic heterocycles. The van der Waals surface area contributed by atoms with Gasteiger partial charge >= 0.3 is 0 Å². The van der Waals surface area contributed by atoms with Crippen molar-refractivity contribution in [3.8, 4) is 0 Å². The van der Waals surface area contributed by atoms with E-state index in [4.69, 9.17) is 25.5 Å². The lowest BCUT2D eigenvalue weighted by molar-refractivity contribution is -0.134. The molecule has 658 valence electrons. The molecule has 5 fully saturated rings. The number of aliphatic hydroxyl groups excluding tert-OH is 5. The summed E-state index contributed by atoms with van der Waals surface area (Å²) < 4.78 is 0. The van der Waals surface area contributed by atoms with Crippen molar-refractivity contribution in [1.82, 2.24) is 49.4 Å². The van der Waals surface area contributed by atoms with Crippen molar-refractivity contribution in [1.29, 1.82) is 0 Å². The van der Waals surface area contributed by atoms with Gasteiger partial charge in [0, 0.05) is 210 Å². The van der Waals surface area contributed by atoms with Crippen LogP contribution in [0.25, 0.3) is 0 Å². The average molecular weight is 1660 g/mol. The van der Waals surface area contributed by atoms with Crippen molar-refractivity contribution < 1.29 is 59.1 Å². The molecular weight excluding hydrogens is 1520 g/mol. The smallest absolute Gasteiger partial charge is 0.223 e. The third-order valence-corrected chi connectivity index (χ3v) is 22.6. The highest BCUT2D eigenvalue weighted by atomic mass is 16.3. The SMILES string of the molecule is CC(C)c1ccc(N2CCN(C(=O)CCC(=O)CO)CC2)cn1.CC(C)c1ccc(N2CCN(C(=O)CCC(=O)CO)CC2)cn1.CC(C)c1ccc(N2CCN(CCCC(=O)CO)CC2)cn1.CC(C)c1ccc(N2CCN(CCCCCCCC(=O)CO)CC2)cn1.CC(C)c1ccc(N2CCN(Cc3ccc(C(=O)CO)cc3)CC2)cn1. The third kappa shape index (κ3) is 34.1. The summed E-state index contributed by atoms with van der Waals surface area (Å²) in [5, 5.41) is 43.7. The first kappa shape index (κ1) is 98.1. The van der Waals surface area contributed by atoms with Crippen molar-refractivity contribution in [2.45, 2.75) is 182 Å². The van der Waals surface area contributed by atoms with Crippen LogP contribution in [0.3, 0.4) is 0 Å². The molecule has 27 nitrogen and oxygen atoms in total. The van der Waals surface area contributed by atoms with Gasteiger partial charge in [0.2, 0.25) is 11.8 Å². The van der Waals surface area contributed by atoms with Crippen LogP contribution in [-0.4, -0.2) is 293 Å². The molecule has 10 heterocycles. The largest absolute Gasteiger partial charge is 0.389 e. The van der Waals surface area contributed by atoms with Crippen molar-refractivity contribution >= 4 is 69.2 Å². The first-order valence-corrected chi connectivity index (χ1v) is 43.8. The number of pyridine rings is 5. The number of anilines is 5. The Labute approximate surface area is 713 Å². The van der Waals surface area contributed by atoms with Crippen molar-refractivity contribution in [3.05, 3.63) is 156 Å². The fourth-order valence-corrected chi connectivity index (χ4v) is 14.6. The van der Waals surface area contributed by atoms with Crippen molar-refractivity contribution in [3.63, 3.8) is 0 Å². The molecule has 5 N–H and O–H groups in total. The Morgan fingerprint density at radius 1 is 0.283 bits per heavy atom. The highest BCUT2D eigenvalue weighted by Crippen LogP contribution is 2.26. The third-order valence-electron chi connectivity index (χ3n) is 22.6. The maximum absolute atomic E-state index is 12.0. The quantitative estimate of drug-likeness (QED) is 0.0180. The van der Waals surface area contributed by atoms with Crippen LogP contribution in [0.5, 0.6) is 0 Å². The summed E-state index contributed by atoms with van der Waals surface area (Å²) in [6, 6.07) is 28.8. The van der Waals surface area contributed by atoms with E-state index >= 15 is 0 Å². The van der Waals surface area contributed by atoms with Crippen LogP contribution in [0.1, 0.15) is 220 Å². The Morgan fingerprint density at radius 3 is 0.833 bits per heavy atom. The zero-order chi connectivity index (χ0) is 86.9. The summed E-state index contributed by atoms with van der Waals surface area (Å²) in [4.78, 5) is 125. The van der Waals surface area contributed by atoms with E-state index in [9.17, 15) is 33.6 Å². The summed E-state index contributed by atoms with van der Waals surface area (Å²) in [6.45, 7) is 40.5. The number of aliphatic hydroxyl groups is 5. The van der Waals surface area contributed by atoms with Gasteiger partial charge < -0.3 is 59.8 Å². The standard InChI is InChI=1S/C21H27N3O2.C21H35N3O2.2C17H25N3O3.C17H27N3O2/c1-16(2)20-8-7-19(13-22-20)24-11-9-23(10-12-24)14-17-3-5-18(6-4-17)21(26)15-25;1-18(2)21-10-9-19(16-22-21)24-14-12-23(13-15-24)11-7-5-3-4-6-8-20(26)17-25;2*1-13(2)16-5-3-14(11-18-16)19-7-9-20(10-8-19)17(23)6-4-15(22)12-21;1-14(2)17-6-5-15(12-18-17)20-10-8-19(9-11-20)7-3-4-16(22)13-21/h3-8,13,16,25H,9-12,14-15H2,1-2H3;9-10,16,18,25H,3-8,11-15,17H2,1-2H3;2*3,5,11,13,21H,4,6-10,12H2,1-2H3;5-6,12,14,21H,3-4,7-11,13H2,1-2H3. The number of hydrogen-bond acceptors (Lipinski definition) is 25. The molecule has 0 aliphatic carbocycles. The van der Waals surface area contributed by atoms with Gasteiger partial charge in [-0.15, -0.1) is 0 Å². The molecule has 5 aliphatic rings. The number of carbonyl (C=O) groups is 7. The first-order valence-electron chi connectivity index (χ1n) is 43.8. The monoisotopic (exact) mass is 1660 g/mol. The van der Waals surface area contributed by atoms with Crippen molar-refractivity contribution in [2.75, 3.05) is 202 Å². The summed E-state index contributed by atoms with van der Waals surface area (Å²) in [6.07, 6.45) is 17.9. The number of amides is 2. The Balaban J connectivity index is 0.000000207. The second-order valence-corrected chi connectivity index (χ2v) is 33.3. The topological polar surface area (TPSA) is 317 Å². The lowest BCUT2D eigenvalue weighted by Gasteiger charge is -2.36. The highest BCUT2D eigenvalue weighted by Gasteiger charge is 2.26. The summed E-state index contributed by atoms with van der Waals surface area (Å²) >= 11 is 0. The van der Waals surface area contributed by atoms with E-state index in [1.54, 1.807) is 21.9 Å². The number of ketones is 5. The molecular formula is C93H139N15O12. The molecule has 27 heteroatoms. The minimum Gasteiger partial charge on any atom is -0.389 e. The van der Waals surface area contributed by atoms with Crippen LogP contribution < -0.4 is 24.5 Å². The van der Waals surface area contributed by atoms with Crippen LogP contribution in [0.2, 0.25) is 0 Å². The number of piperazine rings is 5. The molecule has 6 aromatic rings. The van der Waals surface area contributed by atoms with E-state index in [0.29, 0.717) is 74.2 Å². The fourth-order valence-electron chi connectivity index (χ4n) is 14.6. The zero-order valence-electron chi connectivity index (χ0n) is 73.4. The minimum atomic E-state index is -0.486. The lowest BCUT2D eigenvalue weighted by Crippen LogP contribution is -2.48. The van der Waals surface area contributed by atoms with Gasteiger partial charge in [-0.05, 0) is 128 Å². The van der Waals surface area contributed by atoms with Gasteiger partial charge in [0.1, 0.15) is 33.0 Å². The number of aromatic nitrogens is 5. The second kappa shape index (κ2) is 53.0. The number of benzene rings is 1. The van der Waals surface area contributed by atoms with Crippen LogP contribution in [-0.2, 0) is 35.3 Å². The Morgan fingerprint density at radius 2 is 0.550 bits per heavy atom. The molecule has 0 atom stereocenters. The number of rotatable bonds is 36. The minimum absolute atomic E-state index is 0.0141. The maximum atomic E-state index is 12.0. The molecule has 0 radical (unpaired) electrons. The van der Waals surface area contributed by atoms with Crippen LogP contribution >= 0.6 is 0 Å². The molecule has 0 spiro atoms. The van der Waals surface area contributed by atoms with Crippen LogP contribution in [0.4, 0.5) is 28.4 Å². The fraction of sp³-hybridized carbons (Fsp3) is 0.591. The first-order chi connectivity index (χ1) is 57.8. The zero-order valence-corrected chi connectivity index (χ0v) is 73.4. The van der Waals surface area contributed by atoms with Gasteiger partial charge in [-0.1, -0.05) is 113 Å². The molecule has 11 rings (SSSR count). The summed E-state index contributed by atoms with van der Waals surface area (Å²) in [7, 11) is 0. The molecule has 5 saturated heterocycles. The van der Waals surface area contributed by atoms with E-state index in [-0.39, 0.29) is 79.6 Å². The number of hydrogen-bond donors (Lipinski definition) is 5. The molecule has 0 saturated carbocycles. The lowest BCUT2D eigenvalue weighted by atomic mass is 10.1. The Bertz CT molecular complexity index is 3870. The van der Waals surface area contributed by atoms with Crippen LogP contribution in [0.15, 0.2) is 116 Å². The maximum Gasteiger partial charge on any atom is 0.223 e. The summed E-state index contributed by atoms with van der Waals surface area (Å²) in [5.41, 5.74) is 13.1. The Kier molecular flexibility index (Phi) is 43.3. The highest BCUT2D eigenvalue weighted by molar-refractivity contribution is 5.97. The Hall–Kier alpha value is -9.06. The van der Waals surface area contributed by atoms with Gasteiger partial charge in [0.25, 0.3) is 0 Å². The molecule has 120 heavy (non-hydrogen) atoms. The van der Waals surface area contributed by atoms with Gasteiger partial charge in [-0.3, -0.25) is 73.2 Å². The van der Waals surface area contributed by atoms with Gasteiger partial charge in [0.15, 0.2) is 28.9 Å². The molecule has 2 amide bonds. The number of unbranched alkanes of at least 4 members (excludes halogenated alkanes) is 4. The summed E-state index contributed by atoms with van der Waals surface area (Å²) in [5.74, 6) is 1.32. The van der Waals surface area contributed by atoms with E-state index < -0.39 is 19.8 Å². The second-order valence-electron chi connectivity index (χ2n) is 33.3. The van der Waals surface area contributed by atoms with Crippen molar-refractivity contribution in [2.24, 2.45) is 0 Å². The molecule has 1 aromatic carbocycles. The number of nitrogens with zero attached hydrogens (tertiary/aromatic N) is 15. The van der Waals surface area contributed by atoms with Gasteiger partial charge in [-0.2, -0.15) is 0 Å². The normalized spacial score (nSPS) is 15.5. The van der Waals surface area contributed by atoms with E-state index in [1.165, 1.54) is 48.4 Å². The number of Topliss-reactive ketones (excluding diaryl/α,β-unsaturated/α-hetero) is 5. The molecule has 0 unspecified atom stereocenters. The van der Waals surface area contributed by atoms with E-state index in [2.05, 4.69) is 194 Å². The molecule has 0 bridgehead atoms.